The fourth-order valence-electron chi connectivity index (χ4n) is 2.56. The number of nitrogens with one attached hydrogen (secondary N) is 1. The van der Waals surface area contributed by atoms with E-state index in [-0.39, 0.29) is 0 Å². The lowest BCUT2D eigenvalue weighted by molar-refractivity contribution is 0.109. The van der Waals surface area contributed by atoms with Crippen LogP contribution in [0.3, 0.4) is 0 Å². The third-order valence-electron chi connectivity index (χ3n) is 3.59. The molecule has 1 N–H and O–H groups in total. The molecule has 1 aromatic rings. The second-order valence-electron chi connectivity index (χ2n) is 4.66. The Bertz CT molecular complexity index is 354. The van der Waals surface area contributed by atoms with E-state index in [1.165, 1.54) is 5.56 Å². The molecule has 2 rings (SSSR count). The average molecular weight is 222 g/mol. The van der Waals surface area contributed by atoms with Crippen molar-refractivity contribution in [2.75, 3.05) is 19.6 Å². The summed E-state index contributed by atoms with van der Waals surface area (Å²) in [6.45, 7) is 9.96. The van der Waals surface area contributed by atoms with Crippen molar-refractivity contribution in [1.29, 1.82) is 0 Å². The van der Waals surface area contributed by atoms with Gasteiger partial charge in [-0.25, -0.2) is 0 Å². The topological polar surface area (TPSA) is 33.1 Å². The van der Waals surface area contributed by atoms with Crippen molar-refractivity contribution in [1.82, 2.24) is 20.0 Å². The summed E-state index contributed by atoms with van der Waals surface area (Å²) in [4.78, 5) is 2.56. The van der Waals surface area contributed by atoms with Crippen LogP contribution in [0.2, 0.25) is 0 Å². The van der Waals surface area contributed by atoms with Crippen molar-refractivity contribution in [3.63, 3.8) is 0 Å². The molecular weight excluding hydrogens is 200 g/mol. The molecule has 1 atom stereocenters. The first kappa shape index (κ1) is 11.6. The quantitative estimate of drug-likeness (QED) is 0.827. The fraction of sp³-hybridized carbons (Fsp3) is 0.750. The standard InChI is InChI=1S/C12H22N4/c1-5-16(11-6-13-7-11)10(3)12-8-15(4)14-9(12)2/h8,10-11,13H,5-7H2,1-4H3. The van der Waals surface area contributed by atoms with Crippen LogP contribution >= 0.6 is 0 Å². The molecule has 0 amide bonds. The van der Waals surface area contributed by atoms with Gasteiger partial charge in [0.15, 0.2) is 0 Å². The number of likely N-dealkylation sites (N-methyl/N-ethyl adjacent to an activating group) is 1. The van der Waals surface area contributed by atoms with E-state index < -0.39 is 0 Å². The molecule has 1 aromatic heterocycles. The van der Waals surface area contributed by atoms with E-state index in [9.17, 15) is 0 Å². The summed E-state index contributed by atoms with van der Waals surface area (Å²) in [5.41, 5.74) is 2.51. The Hall–Kier alpha value is -0.870. The molecule has 0 spiro atoms. The molecule has 1 unspecified atom stereocenters. The van der Waals surface area contributed by atoms with Crippen LogP contribution in [0, 0.1) is 6.92 Å². The van der Waals surface area contributed by atoms with E-state index in [0.717, 1.165) is 25.3 Å². The van der Waals surface area contributed by atoms with Gasteiger partial charge in [-0.1, -0.05) is 6.92 Å². The van der Waals surface area contributed by atoms with E-state index >= 15 is 0 Å². The summed E-state index contributed by atoms with van der Waals surface area (Å²) in [6.07, 6.45) is 2.15. The summed E-state index contributed by atoms with van der Waals surface area (Å²) in [7, 11) is 1.99. The minimum absolute atomic E-state index is 0.464. The van der Waals surface area contributed by atoms with Crippen LogP contribution in [0.4, 0.5) is 0 Å². The van der Waals surface area contributed by atoms with Crippen LogP contribution in [0.1, 0.15) is 31.1 Å². The van der Waals surface area contributed by atoms with E-state index in [1.807, 2.05) is 11.7 Å². The van der Waals surface area contributed by atoms with Crippen LogP contribution in [-0.4, -0.2) is 40.4 Å². The smallest absolute Gasteiger partial charge is 0.0641 e. The minimum atomic E-state index is 0.464. The molecule has 90 valence electrons. The van der Waals surface area contributed by atoms with Crippen molar-refractivity contribution in [2.45, 2.75) is 32.9 Å². The number of hydrogen-bond acceptors (Lipinski definition) is 3. The Labute approximate surface area is 97.6 Å². The minimum Gasteiger partial charge on any atom is -0.314 e. The van der Waals surface area contributed by atoms with Gasteiger partial charge in [0.25, 0.3) is 0 Å². The predicted molar refractivity (Wildman–Crippen MR) is 65.4 cm³/mol. The van der Waals surface area contributed by atoms with E-state index in [4.69, 9.17) is 0 Å². The predicted octanol–water partition coefficient (Wildman–Crippen LogP) is 1.08. The fourth-order valence-corrected chi connectivity index (χ4v) is 2.56. The molecule has 0 bridgehead atoms. The van der Waals surface area contributed by atoms with Gasteiger partial charge in [0.2, 0.25) is 0 Å². The lowest BCUT2D eigenvalue weighted by Crippen LogP contribution is -2.57. The highest BCUT2D eigenvalue weighted by Gasteiger charge is 2.28. The van der Waals surface area contributed by atoms with Crippen molar-refractivity contribution < 1.29 is 0 Å². The highest BCUT2D eigenvalue weighted by molar-refractivity contribution is 5.20. The van der Waals surface area contributed by atoms with Gasteiger partial charge in [-0.3, -0.25) is 9.58 Å². The third kappa shape index (κ3) is 1.99. The molecule has 4 nitrogen and oxygen atoms in total. The number of aromatic nitrogens is 2. The van der Waals surface area contributed by atoms with Gasteiger partial charge in [0.05, 0.1) is 5.69 Å². The van der Waals surface area contributed by atoms with Crippen molar-refractivity contribution in [2.24, 2.45) is 7.05 Å². The number of aryl methyl sites for hydroxylation is 2. The second kappa shape index (κ2) is 4.55. The zero-order chi connectivity index (χ0) is 11.7. The highest BCUT2D eigenvalue weighted by atomic mass is 15.3. The van der Waals surface area contributed by atoms with Crippen molar-refractivity contribution in [3.05, 3.63) is 17.5 Å². The van der Waals surface area contributed by atoms with Crippen LogP contribution in [0.15, 0.2) is 6.20 Å². The van der Waals surface area contributed by atoms with Gasteiger partial charge >= 0.3 is 0 Å². The summed E-state index contributed by atoms with van der Waals surface area (Å²) in [5, 5.41) is 7.77. The zero-order valence-corrected chi connectivity index (χ0v) is 10.7. The Balaban J connectivity index is 2.15. The van der Waals surface area contributed by atoms with Crippen LogP contribution in [0.5, 0.6) is 0 Å². The van der Waals surface area contributed by atoms with Gasteiger partial charge in [0, 0.05) is 44.0 Å². The zero-order valence-electron chi connectivity index (χ0n) is 10.7. The maximum absolute atomic E-state index is 4.43. The van der Waals surface area contributed by atoms with Gasteiger partial charge < -0.3 is 5.32 Å². The average Bonchev–Trinajstić information content (AvgIpc) is 2.50. The molecule has 1 aliphatic heterocycles. The second-order valence-corrected chi connectivity index (χ2v) is 4.66. The number of hydrogen-bond donors (Lipinski definition) is 1. The maximum atomic E-state index is 4.43. The number of nitrogens with zero attached hydrogens (tertiary/aromatic N) is 3. The van der Waals surface area contributed by atoms with Gasteiger partial charge in [-0.05, 0) is 20.4 Å². The normalized spacial score (nSPS) is 18.8. The van der Waals surface area contributed by atoms with Gasteiger partial charge in [0.1, 0.15) is 0 Å². The SMILES string of the molecule is CCN(C1CNC1)C(C)c1cn(C)nc1C. The molecule has 4 heteroatoms. The highest BCUT2D eigenvalue weighted by Crippen LogP contribution is 2.25. The summed E-state index contributed by atoms with van der Waals surface area (Å²) >= 11 is 0. The molecule has 0 aliphatic carbocycles. The van der Waals surface area contributed by atoms with E-state index in [1.54, 1.807) is 0 Å². The Kier molecular flexibility index (Phi) is 3.30. The van der Waals surface area contributed by atoms with E-state index in [2.05, 4.69) is 42.3 Å². The molecule has 16 heavy (non-hydrogen) atoms. The molecular formula is C12H22N4. The summed E-state index contributed by atoms with van der Waals surface area (Å²) in [6, 6.07) is 1.16. The lowest BCUT2D eigenvalue weighted by atomic mass is 10.0. The molecule has 1 fully saturated rings. The van der Waals surface area contributed by atoms with E-state index in [0.29, 0.717) is 12.1 Å². The number of rotatable bonds is 4. The van der Waals surface area contributed by atoms with Crippen LogP contribution in [0.25, 0.3) is 0 Å². The molecule has 1 saturated heterocycles. The lowest BCUT2D eigenvalue weighted by Gasteiger charge is -2.41. The first-order valence-electron chi connectivity index (χ1n) is 6.10. The summed E-state index contributed by atoms with van der Waals surface area (Å²) in [5.74, 6) is 0. The Morgan fingerprint density at radius 2 is 2.31 bits per heavy atom. The van der Waals surface area contributed by atoms with Crippen molar-refractivity contribution >= 4 is 0 Å². The molecule has 0 aromatic carbocycles. The van der Waals surface area contributed by atoms with Crippen molar-refractivity contribution in [3.8, 4) is 0 Å². The first-order chi connectivity index (χ1) is 7.63. The molecule has 1 aliphatic rings. The van der Waals surface area contributed by atoms with Gasteiger partial charge in [-0.15, -0.1) is 0 Å². The summed E-state index contributed by atoms with van der Waals surface area (Å²) < 4.78 is 1.91. The Morgan fingerprint density at radius 1 is 1.62 bits per heavy atom. The largest absolute Gasteiger partial charge is 0.314 e. The first-order valence-corrected chi connectivity index (χ1v) is 6.10. The molecule has 0 saturated carbocycles. The maximum Gasteiger partial charge on any atom is 0.0641 e. The Morgan fingerprint density at radius 3 is 2.69 bits per heavy atom. The molecule has 0 radical (unpaired) electrons. The van der Waals surface area contributed by atoms with Crippen LogP contribution < -0.4 is 5.32 Å². The molecule has 2 heterocycles. The third-order valence-corrected chi connectivity index (χ3v) is 3.59. The van der Waals surface area contributed by atoms with Gasteiger partial charge in [-0.2, -0.15) is 5.10 Å². The van der Waals surface area contributed by atoms with Crippen LogP contribution in [-0.2, 0) is 7.05 Å². The monoisotopic (exact) mass is 222 g/mol.